The minimum atomic E-state index is -4.31. The summed E-state index contributed by atoms with van der Waals surface area (Å²) >= 11 is 0. The first-order chi connectivity index (χ1) is 7.05. The van der Waals surface area contributed by atoms with E-state index < -0.39 is 11.7 Å². The van der Waals surface area contributed by atoms with Gasteiger partial charge in [0.05, 0.1) is 5.56 Å². The topological polar surface area (TPSA) is 17.1 Å². The molecule has 0 aromatic heterocycles. The highest BCUT2D eigenvalue weighted by atomic mass is 19.4. The molecule has 0 N–H and O–H groups in total. The van der Waals surface area contributed by atoms with Crippen molar-refractivity contribution in [3.63, 3.8) is 0 Å². The second-order valence-electron chi connectivity index (χ2n) is 3.21. The lowest BCUT2D eigenvalue weighted by molar-refractivity contribution is -0.138. The number of carbonyl (C=O) groups is 1. The summed E-state index contributed by atoms with van der Waals surface area (Å²) in [4.78, 5) is 10.1. The molecule has 1 aromatic rings. The van der Waals surface area contributed by atoms with Crippen molar-refractivity contribution in [2.45, 2.75) is 25.4 Å². The summed E-state index contributed by atoms with van der Waals surface area (Å²) in [6.45, 7) is 0. The van der Waals surface area contributed by atoms with Crippen LogP contribution >= 0.6 is 0 Å². The molecule has 0 heterocycles. The molecule has 0 amide bonds. The van der Waals surface area contributed by atoms with Crippen molar-refractivity contribution in [1.29, 1.82) is 0 Å². The quantitative estimate of drug-likeness (QED) is 0.557. The Bertz CT molecular complexity index is 331. The zero-order chi connectivity index (χ0) is 11.3. The number of hydrogen-bond acceptors (Lipinski definition) is 1. The number of hydrogen-bond donors (Lipinski definition) is 0. The monoisotopic (exact) mass is 216 g/mol. The molecule has 4 heteroatoms. The van der Waals surface area contributed by atoms with Crippen LogP contribution in [0.3, 0.4) is 0 Å². The Balaban J connectivity index is 2.82. The molecule has 0 fully saturated rings. The number of rotatable bonds is 4. The lowest BCUT2D eigenvalue weighted by Crippen LogP contribution is -2.08. The summed E-state index contributed by atoms with van der Waals surface area (Å²) in [5.74, 6) is 0. The molecule has 0 aliphatic rings. The Morgan fingerprint density at radius 3 is 2.47 bits per heavy atom. The van der Waals surface area contributed by atoms with Gasteiger partial charge >= 0.3 is 6.18 Å². The summed E-state index contributed by atoms with van der Waals surface area (Å²) in [6.07, 6.45) is -2.55. The Morgan fingerprint density at radius 2 is 1.87 bits per heavy atom. The zero-order valence-corrected chi connectivity index (χ0v) is 8.05. The van der Waals surface area contributed by atoms with Crippen molar-refractivity contribution in [2.24, 2.45) is 0 Å². The lowest BCUT2D eigenvalue weighted by Gasteiger charge is -2.11. The summed E-state index contributed by atoms with van der Waals surface area (Å²) in [5.41, 5.74) is -0.345. The largest absolute Gasteiger partial charge is 0.416 e. The first-order valence-corrected chi connectivity index (χ1v) is 4.64. The minimum absolute atomic E-state index is 0.256. The fourth-order valence-corrected chi connectivity index (χ4v) is 1.39. The zero-order valence-electron chi connectivity index (χ0n) is 8.05. The maximum atomic E-state index is 12.5. The standard InChI is InChI=1S/C11H11F3O/c12-11(13,14)10-7-2-1-5-9(10)6-3-4-8-15/h1-2,5,7-8H,3-4,6H2. The van der Waals surface area contributed by atoms with Crippen molar-refractivity contribution < 1.29 is 18.0 Å². The summed E-state index contributed by atoms with van der Waals surface area (Å²) in [5, 5.41) is 0. The van der Waals surface area contributed by atoms with E-state index in [1.54, 1.807) is 6.07 Å². The van der Waals surface area contributed by atoms with E-state index in [9.17, 15) is 18.0 Å². The van der Waals surface area contributed by atoms with Crippen molar-refractivity contribution in [3.05, 3.63) is 35.4 Å². The molecule has 1 nitrogen and oxygen atoms in total. The third-order valence-electron chi connectivity index (χ3n) is 2.09. The second-order valence-corrected chi connectivity index (χ2v) is 3.21. The van der Waals surface area contributed by atoms with E-state index in [0.29, 0.717) is 12.8 Å². The highest BCUT2D eigenvalue weighted by Gasteiger charge is 2.32. The molecule has 0 aliphatic heterocycles. The average molecular weight is 216 g/mol. The molecule has 15 heavy (non-hydrogen) atoms. The van der Waals surface area contributed by atoms with Crippen LogP contribution in [0.4, 0.5) is 13.2 Å². The summed E-state index contributed by atoms with van der Waals surface area (Å²) < 4.78 is 37.5. The predicted octanol–water partition coefficient (Wildman–Crippen LogP) is 3.23. The SMILES string of the molecule is O=CCCCc1ccccc1C(F)(F)F. The van der Waals surface area contributed by atoms with Gasteiger partial charge in [0.15, 0.2) is 0 Å². The molecule has 1 aromatic carbocycles. The van der Waals surface area contributed by atoms with Gasteiger partial charge in [-0.25, -0.2) is 0 Å². The molecule has 0 radical (unpaired) electrons. The van der Waals surface area contributed by atoms with Gasteiger partial charge in [-0.15, -0.1) is 0 Å². The van der Waals surface area contributed by atoms with Crippen molar-refractivity contribution in [3.8, 4) is 0 Å². The average Bonchev–Trinajstić information content (AvgIpc) is 2.17. The van der Waals surface area contributed by atoms with Gasteiger partial charge in [-0.2, -0.15) is 13.2 Å². The molecule has 0 unspecified atom stereocenters. The van der Waals surface area contributed by atoms with Crippen LogP contribution in [0.25, 0.3) is 0 Å². The van der Waals surface area contributed by atoms with Gasteiger partial charge in [-0.1, -0.05) is 18.2 Å². The number of halogens is 3. The number of carbonyl (C=O) groups excluding carboxylic acids is 1. The molecule has 82 valence electrons. The smallest absolute Gasteiger partial charge is 0.303 e. The van der Waals surface area contributed by atoms with Crippen LogP contribution in [0.5, 0.6) is 0 Å². The lowest BCUT2D eigenvalue weighted by atomic mass is 10.0. The van der Waals surface area contributed by atoms with E-state index in [2.05, 4.69) is 0 Å². The molecular formula is C11H11F3O. The minimum Gasteiger partial charge on any atom is -0.303 e. The van der Waals surface area contributed by atoms with Crippen LogP contribution in [-0.4, -0.2) is 6.29 Å². The molecule has 0 saturated heterocycles. The Labute approximate surface area is 85.9 Å². The molecule has 1 rings (SSSR count). The van der Waals surface area contributed by atoms with Crippen LogP contribution < -0.4 is 0 Å². The Hall–Kier alpha value is -1.32. The van der Waals surface area contributed by atoms with Crippen LogP contribution in [0.1, 0.15) is 24.0 Å². The first-order valence-electron chi connectivity index (χ1n) is 4.64. The van der Waals surface area contributed by atoms with E-state index in [-0.39, 0.29) is 12.0 Å². The molecular weight excluding hydrogens is 205 g/mol. The second kappa shape index (κ2) is 4.96. The maximum Gasteiger partial charge on any atom is 0.416 e. The normalized spacial score (nSPS) is 11.4. The first kappa shape index (κ1) is 11.8. The molecule has 0 bridgehead atoms. The van der Waals surface area contributed by atoms with Crippen LogP contribution in [-0.2, 0) is 17.4 Å². The van der Waals surface area contributed by atoms with Gasteiger partial charge < -0.3 is 4.79 Å². The van der Waals surface area contributed by atoms with E-state index in [0.717, 1.165) is 12.4 Å². The van der Waals surface area contributed by atoms with Gasteiger partial charge in [-0.05, 0) is 24.5 Å². The fourth-order valence-electron chi connectivity index (χ4n) is 1.39. The number of benzene rings is 1. The summed E-state index contributed by atoms with van der Waals surface area (Å²) in [6, 6.07) is 5.46. The van der Waals surface area contributed by atoms with Crippen molar-refractivity contribution in [2.75, 3.05) is 0 Å². The van der Waals surface area contributed by atoms with Gasteiger partial charge in [0, 0.05) is 6.42 Å². The van der Waals surface area contributed by atoms with E-state index in [1.807, 2.05) is 0 Å². The fraction of sp³-hybridized carbons (Fsp3) is 0.364. The number of unbranched alkanes of at least 4 members (excludes halogenated alkanes) is 1. The molecule has 0 spiro atoms. The number of aldehydes is 1. The highest BCUT2D eigenvalue weighted by Crippen LogP contribution is 2.32. The third kappa shape index (κ3) is 3.38. The molecule has 0 aliphatic carbocycles. The van der Waals surface area contributed by atoms with E-state index in [4.69, 9.17) is 0 Å². The van der Waals surface area contributed by atoms with Gasteiger partial charge in [-0.3, -0.25) is 0 Å². The van der Waals surface area contributed by atoms with E-state index >= 15 is 0 Å². The predicted molar refractivity (Wildman–Crippen MR) is 50.4 cm³/mol. The van der Waals surface area contributed by atoms with E-state index in [1.165, 1.54) is 12.1 Å². The highest BCUT2D eigenvalue weighted by molar-refractivity contribution is 5.49. The number of alkyl halides is 3. The Morgan fingerprint density at radius 1 is 1.20 bits per heavy atom. The van der Waals surface area contributed by atoms with Gasteiger partial charge in [0.1, 0.15) is 6.29 Å². The molecule has 0 atom stereocenters. The van der Waals surface area contributed by atoms with Gasteiger partial charge in [0.25, 0.3) is 0 Å². The third-order valence-corrected chi connectivity index (χ3v) is 2.09. The number of aryl methyl sites for hydroxylation is 1. The van der Waals surface area contributed by atoms with Gasteiger partial charge in [0.2, 0.25) is 0 Å². The van der Waals surface area contributed by atoms with Crippen LogP contribution in [0.15, 0.2) is 24.3 Å². The molecule has 0 saturated carbocycles. The van der Waals surface area contributed by atoms with Crippen LogP contribution in [0.2, 0.25) is 0 Å². The van der Waals surface area contributed by atoms with Crippen LogP contribution in [0, 0.1) is 0 Å². The summed E-state index contributed by atoms with van der Waals surface area (Å²) in [7, 11) is 0. The van der Waals surface area contributed by atoms with Crippen molar-refractivity contribution >= 4 is 6.29 Å². The maximum absolute atomic E-state index is 12.5. The van der Waals surface area contributed by atoms with Crippen molar-refractivity contribution in [1.82, 2.24) is 0 Å². The Kier molecular flexibility index (Phi) is 3.88.